The maximum Gasteiger partial charge on any atom is 0.256 e. The zero-order valence-corrected chi connectivity index (χ0v) is 9.47. The van der Waals surface area contributed by atoms with Gasteiger partial charge in [0.1, 0.15) is 0 Å². The van der Waals surface area contributed by atoms with Crippen molar-refractivity contribution >= 4 is 23.8 Å². The summed E-state index contributed by atoms with van der Waals surface area (Å²) in [7, 11) is 2.22. The molecule has 0 fully saturated rings. The molecule has 0 aliphatic heterocycles. The Hall–Kier alpha value is -0.313. The lowest BCUT2D eigenvalue weighted by Crippen LogP contribution is -2.52. The lowest BCUT2D eigenvalue weighted by Gasteiger charge is -2.27. The van der Waals surface area contributed by atoms with Crippen molar-refractivity contribution in [2.24, 2.45) is 0 Å². The third kappa shape index (κ3) is 1.89. The van der Waals surface area contributed by atoms with E-state index in [2.05, 4.69) is 23.2 Å². The predicted molar refractivity (Wildman–Crippen MR) is 57.2 cm³/mol. The second kappa shape index (κ2) is 3.60. The summed E-state index contributed by atoms with van der Waals surface area (Å²) in [5.41, 5.74) is 0. The highest BCUT2D eigenvalue weighted by atomic mass is 35.6. The Morgan fingerprint density at radius 1 is 1.17 bits per heavy atom. The monoisotopic (exact) mass is 199 g/mol. The molecule has 0 bridgehead atoms. The molecular weight excluding hydrogens is 186 g/mol. The van der Waals surface area contributed by atoms with Crippen LogP contribution < -0.4 is 5.19 Å². The molecule has 0 aliphatic rings. The van der Waals surface area contributed by atoms with E-state index in [-0.39, 0.29) is 0 Å². The molecule has 66 valence electrons. The average molecular weight is 200 g/mol. The molecule has 1 aromatic rings. The molecule has 12 heavy (non-hydrogen) atoms. The Morgan fingerprint density at radius 3 is 2.08 bits per heavy atom. The summed E-state index contributed by atoms with van der Waals surface area (Å²) in [4.78, 5) is 0. The largest absolute Gasteiger partial charge is 0.314 e. The average Bonchev–Trinajstić information content (AvgIpc) is 2.06. The van der Waals surface area contributed by atoms with Crippen molar-refractivity contribution in [3.63, 3.8) is 0 Å². The molecule has 0 saturated carbocycles. The van der Waals surface area contributed by atoms with Crippen molar-refractivity contribution in [1.29, 1.82) is 0 Å². The maximum atomic E-state index is 6.46. The molecule has 3 heteroatoms. The lowest BCUT2D eigenvalue weighted by atomic mass is 10.4. The van der Waals surface area contributed by atoms with Gasteiger partial charge in [0.05, 0.1) is 0 Å². The van der Waals surface area contributed by atoms with Gasteiger partial charge in [0, 0.05) is 0 Å². The summed E-state index contributed by atoms with van der Waals surface area (Å²) in [6.45, 7) is 2.13. The minimum absolute atomic E-state index is 1.26. The molecule has 1 nitrogen and oxygen atoms in total. The van der Waals surface area contributed by atoms with E-state index in [0.717, 1.165) is 0 Å². The normalized spacial score (nSPS) is 16.1. The van der Waals surface area contributed by atoms with Gasteiger partial charge in [-0.25, -0.2) is 0 Å². The van der Waals surface area contributed by atoms with Gasteiger partial charge in [0.2, 0.25) is 0 Å². The van der Waals surface area contributed by atoms with Crippen molar-refractivity contribution in [3.8, 4) is 0 Å². The van der Waals surface area contributed by atoms with Crippen molar-refractivity contribution in [2.45, 2.75) is 6.55 Å². The predicted octanol–water partition coefficient (Wildman–Crippen LogP) is 1.77. The number of rotatable bonds is 2. The minimum Gasteiger partial charge on any atom is -0.314 e. The summed E-state index contributed by atoms with van der Waals surface area (Å²) >= 11 is 6.46. The van der Waals surface area contributed by atoms with E-state index in [9.17, 15) is 0 Å². The first-order chi connectivity index (χ1) is 5.55. The van der Waals surface area contributed by atoms with Crippen LogP contribution in [0.2, 0.25) is 6.55 Å². The van der Waals surface area contributed by atoms with E-state index in [4.69, 9.17) is 11.1 Å². The molecule has 0 amide bonds. The van der Waals surface area contributed by atoms with Crippen LogP contribution >= 0.6 is 11.1 Å². The Balaban J connectivity index is 2.98. The van der Waals surface area contributed by atoms with Gasteiger partial charge in [-0.2, -0.15) is 0 Å². The van der Waals surface area contributed by atoms with Crippen LogP contribution in [0, 0.1) is 0 Å². The number of nitrogens with zero attached hydrogens (tertiary/aromatic N) is 1. The van der Waals surface area contributed by atoms with Gasteiger partial charge >= 0.3 is 0 Å². The first kappa shape index (κ1) is 9.77. The summed E-state index contributed by atoms with van der Waals surface area (Å²) in [5, 5.41) is 1.26. The highest BCUT2D eigenvalue weighted by Crippen LogP contribution is 2.10. The molecule has 0 N–H and O–H groups in total. The molecule has 1 unspecified atom stereocenters. The van der Waals surface area contributed by atoms with Crippen LogP contribution in [-0.4, -0.2) is 26.2 Å². The van der Waals surface area contributed by atoms with Gasteiger partial charge in [0.25, 0.3) is 7.55 Å². The first-order valence-corrected chi connectivity index (χ1v) is 7.43. The van der Waals surface area contributed by atoms with Crippen LogP contribution in [-0.2, 0) is 0 Å². The fraction of sp³-hybridized carbons (Fsp3) is 0.333. The van der Waals surface area contributed by atoms with E-state index in [1.165, 1.54) is 5.19 Å². The molecule has 1 aromatic carbocycles. The summed E-state index contributed by atoms with van der Waals surface area (Å²) in [6.07, 6.45) is 0. The minimum atomic E-state index is -1.85. The smallest absolute Gasteiger partial charge is 0.256 e. The topological polar surface area (TPSA) is 3.24 Å². The molecular formula is C9H14ClNSi. The van der Waals surface area contributed by atoms with Gasteiger partial charge in [-0.15, -0.1) is 11.1 Å². The molecule has 0 heterocycles. The van der Waals surface area contributed by atoms with Crippen molar-refractivity contribution in [3.05, 3.63) is 30.3 Å². The van der Waals surface area contributed by atoms with Crippen LogP contribution in [0.3, 0.4) is 0 Å². The Bertz CT molecular complexity index is 246. The molecule has 0 spiro atoms. The third-order valence-electron chi connectivity index (χ3n) is 2.14. The van der Waals surface area contributed by atoms with Crippen LogP contribution in [0.1, 0.15) is 0 Å². The zero-order chi connectivity index (χ0) is 9.19. The summed E-state index contributed by atoms with van der Waals surface area (Å²) < 4.78 is 2.13. The zero-order valence-electron chi connectivity index (χ0n) is 7.71. The quantitative estimate of drug-likeness (QED) is 0.519. The van der Waals surface area contributed by atoms with Gasteiger partial charge < -0.3 is 4.57 Å². The Morgan fingerprint density at radius 2 is 1.67 bits per heavy atom. The molecule has 0 radical (unpaired) electrons. The number of hydrogen-bond donors (Lipinski definition) is 0. The number of benzene rings is 1. The second-order valence-electron chi connectivity index (χ2n) is 3.21. The third-order valence-corrected chi connectivity index (χ3v) is 6.88. The van der Waals surface area contributed by atoms with Gasteiger partial charge in [-0.3, -0.25) is 0 Å². The van der Waals surface area contributed by atoms with Crippen LogP contribution in [0.15, 0.2) is 30.3 Å². The van der Waals surface area contributed by atoms with Crippen molar-refractivity contribution in [2.75, 3.05) is 14.1 Å². The van der Waals surface area contributed by atoms with Crippen LogP contribution in [0.5, 0.6) is 0 Å². The van der Waals surface area contributed by atoms with Gasteiger partial charge in [0.15, 0.2) is 0 Å². The summed E-state index contributed by atoms with van der Waals surface area (Å²) in [6, 6.07) is 10.3. The number of hydrogen-bond acceptors (Lipinski definition) is 1. The van der Waals surface area contributed by atoms with Crippen molar-refractivity contribution in [1.82, 2.24) is 4.57 Å². The van der Waals surface area contributed by atoms with Gasteiger partial charge in [-0.1, -0.05) is 30.3 Å². The molecule has 0 saturated heterocycles. The fourth-order valence-electron chi connectivity index (χ4n) is 1.00. The first-order valence-electron chi connectivity index (χ1n) is 3.97. The van der Waals surface area contributed by atoms with Crippen molar-refractivity contribution < 1.29 is 0 Å². The SMILES string of the molecule is CN(C)[Si](C)(Cl)c1ccccc1. The van der Waals surface area contributed by atoms with E-state index >= 15 is 0 Å². The lowest BCUT2D eigenvalue weighted by molar-refractivity contribution is 0.646. The van der Waals surface area contributed by atoms with Crippen LogP contribution in [0.4, 0.5) is 0 Å². The summed E-state index contributed by atoms with van der Waals surface area (Å²) in [5.74, 6) is 0. The van der Waals surface area contributed by atoms with E-state index < -0.39 is 7.55 Å². The van der Waals surface area contributed by atoms with E-state index in [1.807, 2.05) is 32.3 Å². The second-order valence-corrected chi connectivity index (χ2v) is 8.80. The van der Waals surface area contributed by atoms with E-state index in [1.54, 1.807) is 0 Å². The molecule has 1 atom stereocenters. The van der Waals surface area contributed by atoms with E-state index in [0.29, 0.717) is 0 Å². The van der Waals surface area contributed by atoms with Gasteiger partial charge in [-0.05, 0) is 25.8 Å². The van der Waals surface area contributed by atoms with Crippen LogP contribution in [0.25, 0.3) is 0 Å². The highest BCUT2D eigenvalue weighted by molar-refractivity contribution is 7.25. The molecule has 1 rings (SSSR count). The fourth-order valence-corrected chi connectivity index (χ4v) is 2.70. The standard InChI is InChI=1S/C9H14ClNSi/c1-11(2)12(3,10)9-7-5-4-6-8-9/h4-8H,1-3H3. The highest BCUT2D eigenvalue weighted by Gasteiger charge is 2.29. The Kier molecular flexibility index (Phi) is 2.93. The maximum absolute atomic E-state index is 6.46. The number of halogens is 1. The molecule has 0 aliphatic carbocycles. The Labute approximate surface area is 79.8 Å². The molecule has 0 aromatic heterocycles.